The van der Waals surface area contributed by atoms with Crippen LogP contribution in [0.2, 0.25) is 0 Å². The van der Waals surface area contributed by atoms with E-state index < -0.39 is 5.41 Å². The van der Waals surface area contributed by atoms with Crippen molar-refractivity contribution >= 4 is 11.8 Å². The molecule has 2 aliphatic rings. The number of likely N-dealkylation sites (tertiary alicyclic amines) is 2. The van der Waals surface area contributed by atoms with E-state index in [4.69, 9.17) is 4.42 Å². The fourth-order valence-electron chi connectivity index (χ4n) is 4.10. The first kappa shape index (κ1) is 16.8. The van der Waals surface area contributed by atoms with E-state index in [0.717, 1.165) is 12.0 Å². The number of aryl methyl sites for hydroxylation is 1. The van der Waals surface area contributed by atoms with Crippen molar-refractivity contribution in [3.05, 3.63) is 59.3 Å². The van der Waals surface area contributed by atoms with Gasteiger partial charge in [-0.1, -0.05) is 12.1 Å². The molecular weight excluding hydrogens is 335 g/mol. The minimum Gasteiger partial charge on any atom is -0.469 e. The van der Waals surface area contributed by atoms with Gasteiger partial charge >= 0.3 is 0 Å². The predicted octanol–water partition coefficient (Wildman–Crippen LogP) is 2.99. The highest BCUT2D eigenvalue weighted by Gasteiger charge is 2.51. The quantitative estimate of drug-likeness (QED) is 0.850. The average molecular weight is 356 g/mol. The molecule has 1 aromatic carbocycles. The Bertz CT molecular complexity index is 862. The minimum atomic E-state index is -0.499. The standard InChI is InChI=1S/C20H21FN2O3/c1-14-17(5-10-26-14)18(24)23-9-7-20(13-23)6-8-22(19(20)25)12-15-3-2-4-16(21)11-15/h2-5,10-11H,6-9,12-13H2,1H3. The van der Waals surface area contributed by atoms with Gasteiger partial charge in [0.05, 0.1) is 17.2 Å². The van der Waals surface area contributed by atoms with Crippen LogP contribution in [0.4, 0.5) is 4.39 Å². The molecule has 1 aromatic heterocycles. The number of rotatable bonds is 3. The Morgan fingerprint density at radius 3 is 2.81 bits per heavy atom. The van der Waals surface area contributed by atoms with Crippen LogP contribution in [0.3, 0.4) is 0 Å². The van der Waals surface area contributed by atoms with Crippen molar-refractivity contribution in [3.8, 4) is 0 Å². The van der Waals surface area contributed by atoms with Gasteiger partial charge in [0.1, 0.15) is 11.6 Å². The lowest BCUT2D eigenvalue weighted by molar-refractivity contribution is -0.135. The summed E-state index contributed by atoms with van der Waals surface area (Å²) in [5, 5.41) is 0. The molecule has 0 bridgehead atoms. The number of hydrogen-bond acceptors (Lipinski definition) is 3. The van der Waals surface area contributed by atoms with Crippen LogP contribution in [0.1, 0.15) is 34.5 Å². The molecule has 6 heteroatoms. The Kier molecular flexibility index (Phi) is 4.05. The summed E-state index contributed by atoms with van der Waals surface area (Å²) in [6.07, 6.45) is 2.92. The normalized spacial score (nSPS) is 22.6. The molecule has 3 heterocycles. The van der Waals surface area contributed by atoms with Crippen molar-refractivity contribution in [2.45, 2.75) is 26.3 Å². The van der Waals surface area contributed by atoms with E-state index in [0.29, 0.717) is 43.9 Å². The first-order valence-corrected chi connectivity index (χ1v) is 8.86. The Labute approximate surface area is 151 Å². The van der Waals surface area contributed by atoms with E-state index in [1.807, 2.05) is 6.07 Å². The van der Waals surface area contributed by atoms with Gasteiger partial charge in [-0.2, -0.15) is 0 Å². The van der Waals surface area contributed by atoms with Crippen LogP contribution in [0, 0.1) is 18.2 Å². The van der Waals surface area contributed by atoms with Crippen LogP contribution < -0.4 is 0 Å². The minimum absolute atomic E-state index is 0.0703. The number of carbonyl (C=O) groups excluding carboxylic acids is 2. The van der Waals surface area contributed by atoms with Crippen LogP contribution in [-0.2, 0) is 11.3 Å². The summed E-state index contributed by atoms with van der Waals surface area (Å²) in [6.45, 7) is 3.83. The maximum atomic E-state index is 13.4. The number of halogens is 1. The van der Waals surface area contributed by atoms with Crippen molar-refractivity contribution in [1.29, 1.82) is 0 Å². The zero-order valence-electron chi connectivity index (χ0n) is 14.7. The Morgan fingerprint density at radius 2 is 2.08 bits per heavy atom. The number of carbonyl (C=O) groups is 2. The average Bonchev–Trinajstić information content (AvgIpc) is 3.31. The predicted molar refractivity (Wildman–Crippen MR) is 92.8 cm³/mol. The molecule has 1 unspecified atom stereocenters. The van der Waals surface area contributed by atoms with Gasteiger partial charge in [0.15, 0.2) is 0 Å². The van der Waals surface area contributed by atoms with Crippen molar-refractivity contribution < 1.29 is 18.4 Å². The van der Waals surface area contributed by atoms with Crippen LogP contribution >= 0.6 is 0 Å². The maximum absolute atomic E-state index is 13.4. The molecule has 136 valence electrons. The molecule has 5 nitrogen and oxygen atoms in total. The van der Waals surface area contributed by atoms with Crippen molar-refractivity contribution in [2.75, 3.05) is 19.6 Å². The zero-order chi connectivity index (χ0) is 18.3. The highest BCUT2D eigenvalue weighted by Crippen LogP contribution is 2.41. The van der Waals surface area contributed by atoms with Crippen molar-refractivity contribution in [2.24, 2.45) is 5.41 Å². The summed E-state index contributed by atoms with van der Waals surface area (Å²) in [4.78, 5) is 29.2. The van der Waals surface area contributed by atoms with Gasteiger partial charge in [0.25, 0.3) is 5.91 Å². The maximum Gasteiger partial charge on any atom is 0.257 e. The van der Waals surface area contributed by atoms with Crippen molar-refractivity contribution in [1.82, 2.24) is 9.80 Å². The fraction of sp³-hybridized carbons (Fsp3) is 0.400. The third-order valence-electron chi connectivity index (χ3n) is 5.59. The molecule has 2 aliphatic heterocycles. The number of furan rings is 1. The summed E-state index contributed by atoms with van der Waals surface area (Å²) in [5.74, 6) is 0.295. The van der Waals surface area contributed by atoms with Gasteiger partial charge < -0.3 is 14.2 Å². The molecule has 26 heavy (non-hydrogen) atoms. The third-order valence-corrected chi connectivity index (χ3v) is 5.59. The van der Waals surface area contributed by atoms with Crippen LogP contribution in [-0.4, -0.2) is 41.2 Å². The fourth-order valence-corrected chi connectivity index (χ4v) is 4.10. The third kappa shape index (κ3) is 2.79. The molecular formula is C20H21FN2O3. The van der Waals surface area contributed by atoms with Gasteiger partial charge in [0.2, 0.25) is 5.91 Å². The highest BCUT2D eigenvalue weighted by atomic mass is 19.1. The van der Waals surface area contributed by atoms with E-state index in [2.05, 4.69) is 0 Å². The van der Waals surface area contributed by atoms with E-state index in [1.54, 1.807) is 28.9 Å². The monoisotopic (exact) mass is 356 g/mol. The van der Waals surface area contributed by atoms with Gasteiger partial charge in [-0.25, -0.2) is 4.39 Å². The Balaban J connectivity index is 1.46. The first-order valence-electron chi connectivity index (χ1n) is 8.86. The second-order valence-electron chi connectivity index (χ2n) is 7.25. The van der Waals surface area contributed by atoms with E-state index >= 15 is 0 Å². The number of hydrogen-bond donors (Lipinski definition) is 0. The van der Waals surface area contributed by atoms with Crippen molar-refractivity contribution in [3.63, 3.8) is 0 Å². The molecule has 2 saturated heterocycles. The zero-order valence-corrected chi connectivity index (χ0v) is 14.7. The van der Waals surface area contributed by atoms with E-state index in [-0.39, 0.29) is 17.6 Å². The first-order chi connectivity index (χ1) is 12.5. The van der Waals surface area contributed by atoms with Gasteiger partial charge in [0, 0.05) is 26.2 Å². The number of amides is 2. The molecule has 4 rings (SSSR count). The molecule has 0 aliphatic carbocycles. The molecule has 0 N–H and O–H groups in total. The van der Waals surface area contributed by atoms with Crippen LogP contribution in [0.5, 0.6) is 0 Å². The second kappa shape index (κ2) is 6.27. The molecule has 2 aromatic rings. The molecule has 2 amide bonds. The van der Waals surface area contributed by atoms with Gasteiger partial charge in [-0.15, -0.1) is 0 Å². The molecule has 1 spiro atoms. The summed E-state index contributed by atoms with van der Waals surface area (Å²) in [5.41, 5.74) is 0.847. The lowest BCUT2D eigenvalue weighted by Gasteiger charge is -2.23. The lowest BCUT2D eigenvalue weighted by atomic mass is 9.85. The van der Waals surface area contributed by atoms with Crippen LogP contribution in [0.15, 0.2) is 41.0 Å². The molecule has 0 radical (unpaired) electrons. The number of nitrogens with zero attached hydrogens (tertiary/aromatic N) is 2. The highest BCUT2D eigenvalue weighted by molar-refractivity contribution is 5.96. The molecule has 2 fully saturated rings. The van der Waals surface area contributed by atoms with E-state index in [1.165, 1.54) is 18.4 Å². The summed E-state index contributed by atoms with van der Waals surface area (Å²) < 4.78 is 18.6. The van der Waals surface area contributed by atoms with Gasteiger partial charge in [-0.05, 0) is 43.5 Å². The molecule has 1 atom stereocenters. The smallest absolute Gasteiger partial charge is 0.257 e. The Hall–Kier alpha value is -2.63. The second-order valence-corrected chi connectivity index (χ2v) is 7.25. The van der Waals surface area contributed by atoms with Crippen LogP contribution in [0.25, 0.3) is 0 Å². The Morgan fingerprint density at radius 1 is 1.27 bits per heavy atom. The van der Waals surface area contributed by atoms with Gasteiger partial charge in [-0.3, -0.25) is 9.59 Å². The summed E-state index contributed by atoms with van der Waals surface area (Å²) >= 11 is 0. The van der Waals surface area contributed by atoms with E-state index in [9.17, 15) is 14.0 Å². The summed E-state index contributed by atoms with van der Waals surface area (Å²) in [6, 6.07) is 8.02. The lowest BCUT2D eigenvalue weighted by Crippen LogP contribution is -2.38. The number of benzene rings is 1. The SMILES string of the molecule is Cc1occc1C(=O)N1CCC2(CCN(Cc3cccc(F)c3)C2=O)C1. The topological polar surface area (TPSA) is 53.8 Å². The molecule has 0 saturated carbocycles. The summed E-state index contributed by atoms with van der Waals surface area (Å²) in [7, 11) is 0. The largest absolute Gasteiger partial charge is 0.469 e.